The molecule has 0 aliphatic carbocycles. The fourth-order valence-electron chi connectivity index (χ4n) is 2.53. The zero-order valence-electron chi connectivity index (χ0n) is 14.2. The maximum absolute atomic E-state index is 13.4. The van der Waals surface area contributed by atoms with Gasteiger partial charge in [0.15, 0.2) is 0 Å². The molecule has 0 saturated heterocycles. The Labute approximate surface area is 147 Å². The minimum absolute atomic E-state index is 0.0826. The van der Waals surface area contributed by atoms with E-state index in [2.05, 4.69) is 17.6 Å². The Morgan fingerprint density at radius 2 is 2.00 bits per heavy atom. The van der Waals surface area contributed by atoms with Gasteiger partial charge in [-0.15, -0.1) is 0 Å². The highest BCUT2D eigenvalue weighted by atomic mass is 32.2. The van der Waals surface area contributed by atoms with Gasteiger partial charge in [0, 0.05) is 31.0 Å². The summed E-state index contributed by atoms with van der Waals surface area (Å²) in [5.74, 6) is 0.515. The third-order valence-corrected chi connectivity index (χ3v) is 4.37. The molecule has 0 saturated carbocycles. The van der Waals surface area contributed by atoms with E-state index >= 15 is 0 Å². The van der Waals surface area contributed by atoms with Crippen molar-refractivity contribution in [2.45, 2.75) is 32.2 Å². The average molecular weight is 346 g/mol. The molecule has 2 aromatic carbocycles. The fraction of sp³-hybridized carbons (Fsp3) is 0.316. The highest BCUT2D eigenvalue weighted by Crippen LogP contribution is 2.20. The van der Waals surface area contributed by atoms with Crippen molar-refractivity contribution in [3.05, 3.63) is 65.0 Å². The molecule has 0 heterocycles. The van der Waals surface area contributed by atoms with Gasteiger partial charge < -0.3 is 10.6 Å². The second-order valence-corrected chi connectivity index (χ2v) is 6.62. The van der Waals surface area contributed by atoms with Crippen molar-refractivity contribution in [2.75, 3.05) is 11.6 Å². The summed E-state index contributed by atoms with van der Waals surface area (Å²) in [7, 11) is 0. The summed E-state index contributed by atoms with van der Waals surface area (Å²) in [6.07, 6.45) is 2.01. The molecular formula is C19H23FN2OS. The van der Waals surface area contributed by atoms with Crippen LogP contribution < -0.4 is 10.6 Å². The molecule has 2 rings (SSSR count). The van der Waals surface area contributed by atoms with E-state index in [9.17, 15) is 9.18 Å². The molecule has 0 bridgehead atoms. The number of thioether (sulfide) groups is 1. The van der Waals surface area contributed by atoms with Gasteiger partial charge in [-0.2, -0.15) is 11.8 Å². The van der Waals surface area contributed by atoms with Gasteiger partial charge >= 0.3 is 0 Å². The molecule has 128 valence electrons. The monoisotopic (exact) mass is 346 g/mol. The Morgan fingerprint density at radius 3 is 2.71 bits per heavy atom. The van der Waals surface area contributed by atoms with Crippen LogP contribution in [0.5, 0.6) is 0 Å². The lowest BCUT2D eigenvalue weighted by Crippen LogP contribution is -2.19. The van der Waals surface area contributed by atoms with Crippen LogP contribution in [0.25, 0.3) is 0 Å². The van der Waals surface area contributed by atoms with Gasteiger partial charge in [0.25, 0.3) is 0 Å². The molecule has 0 spiro atoms. The smallest absolute Gasteiger partial charge is 0.221 e. The molecule has 0 aliphatic heterocycles. The zero-order chi connectivity index (χ0) is 17.5. The van der Waals surface area contributed by atoms with Crippen LogP contribution in [0.15, 0.2) is 42.5 Å². The molecule has 0 aliphatic rings. The van der Waals surface area contributed by atoms with Crippen LogP contribution >= 0.6 is 11.8 Å². The van der Waals surface area contributed by atoms with Gasteiger partial charge in [-0.3, -0.25) is 4.79 Å². The third-order valence-electron chi connectivity index (χ3n) is 3.77. The van der Waals surface area contributed by atoms with Crippen molar-refractivity contribution in [3.8, 4) is 0 Å². The van der Waals surface area contributed by atoms with Crippen LogP contribution in [-0.2, 0) is 17.1 Å². The maximum atomic E-state index is 13.4. The molecule has 0 fully saturated rings. The number of halogens is 1. The number of carbonyl (C=O) groups excluding carboxylic acids is 1. The summed E-state index contributed by atoms with van der Waals surface area (Å²) < 4.78 is 13.4. The number of hydrogen-bond donors (Lipinski definition) is 2. The molecule has 0 radical (unpaired) electrons. The molecule has 0 unspecified atom stereocenters. The van der Waals surface area contributed by atoms with E-state index in [4.69, 9.17) is 0 Å². The second-order valence-electron chi connectivity index (χ2n) is 5.76. The molecule has 2 aromatic rings. The predicted molar refractivity (Wildman–Crippen MR) is 99.6 cm³/mol. The van der Waals surface area contributed by atoms with Gasteiger partial charge in [-0.25, -0.2) is 4.39 Å². The molecule has 5 heteroatoms. The average Bonchev–Trinajstić information content (AvgIpc) is 2.54. The normalized spacial score (nSPS) is 12.0. The minimum Gasteiger partial charge on any atom is -0.326 e. The summed E-state index contributed by atoms with van der Waals surface area (Å²) in [4.78, 5) is 11.2. The Bertz CT molecular complexity index is 706. The topological polar surface area (TPSA) is 41.1 Å². The van der Waals surface area contributed by atoms with E-state index < -0.39 is 0 Å². The van der Waals surface area contributed by atoms with Crippen LogP contribution in [0.1, 0.15) is 36.6 Å². The zero-order valence-corrected chi connectivity index (χ0v) is 15.0. The van der Waals surface area contributed by atoms with Gasteiger partial charge in [0.05, 0.1) is 0 Å². The number of nitrogens with one attached hydrogen (secondary N) is 2. The van der Waals surface area contributed by atoms with Crippen LogP contribution in [0.3, 0.4) is 0 Å². The first-order valence-corrected chi connectivity index (χ1v) is 9.26. The van der Waals surface area contributed by atoms with E-state index in [1.807, 2.05) is 36.6 Å². The second kappa shape index (κ2) is 8.85. The number of rotatable bonds is 7. The molecular weight excluding hydrogens is 323 g/mol. The Morgan fingerprint density at radius 1 is 1.21 bits per heavy atom. The van der Waals surface area contributed by atoms with E-state index in [1.165, 1.54) is 13.0 Å². The van der Waals surface area contributed by atoms with Gasteiger partial charge in [0.1, 0.15) is 5.82 Å². The van der Waals surface area contributed by atoms with E-state index in [-0.39, 0.29) is 17.8 Å². The maximum Gasteiger partial charge on any atom is 0.221 e. The summed E-state index contributed by atoms with van der Waals surface area (Å²) >= 11 is 1.68. The van der Waals surface area contributed by atoms with Crippen molar-refractivity contribution in [1.29, 1.82) is 0 Å². The van der Waals surface area contributed by atoms with E-state index in [0.29, 0.717) is 6.54 Å². The van der Waals surface area contributed by atoms with Crippen LogP contribution in [-0.4, -0.2) is 12.2 Å². The minimum atomic E-state index is -0.196. The van der Waals surface area contributed by atoms with E-state index in [1.54, 1.807) is 17.8 Å². The fourth-order valence-corrected chi connectivity index (χ4v) is 3.11. The summed E-state index contributed by atoms with van der Waals surface area (Å²) in [5.41, 5.74) is 4.01. The van der Waals surface area contributed by atoms with Crippen LogP contribution in [0.4, 0.5) is 10.1 Å². The van der Waals surface area contributed by atoms with Gasteiger partial charge in [-0.05, 0) is 54.1 Å². The standard InChI is InChI=1S/C19H23FN2OS/c1-13(15-5-4-6-19(10-15)22-14(2)23)21-11-16-7-8-18(20)9-17(16)12-24-3/h4-10,13,21H,11-12H2,1-3H3,(H,22,23)/t13-/m1/s1. The lowest BCUT2D eigenvalue weighted by atomic mass is 10.1. The van der Waals surface area contributed by atoms with Gasteiger partial charge in [-0.1, -0.05) is 18.2 Å². The Balaban J connectivity index is 2.05. The molecule has 3 nitrogen and oxygen atoms in total. The van der Waals surface area contributed by atoms with Crippen molar-refractivity contribution < 1.29 is 9.18 Å². The number of amides is 1. The molecule has 1 atom stereocenters. The highest BCUT2D eigenvalue weighted by Gasteiger charge is 2.09. The Kier molecular flexibility index (Phi) is 6.82. The number of hydrogen-bond acceptors (Lipinski definition) is 3. The van der Waals surface area contributed by atoms with Crippen LogP contribution in [0.2, 0.25) is 0 Å². The quantitative estimate of drug-likeness (QED) is 0.776. The SMILES string of the molecule is CSCc1cc(F)ccc1CN[C@H](C)c1cccc(NC(C)=O)c1. The molecule has 1 amide bonds. The third kappa shape index (κ3) is 5.35. The predicted octanol–water partition coefficient (Wildman–Crippen LogP) is 4.50. The van der Waals surface area contributed by atoms with Crippen molar-refractivity contribution in [3.63, 3.8) is 0 Å². The lowest BCUT2D eigenvalue weighted by Gasteiger charge is -2.17. The summed E-state index contributed by atoms with van der Waals surface area (Å²) in [6.45, 7) is 4.24. The van der Waals surface area contributed by atoms with Gasteiger partial charge in [0.2, 0.25) is 5.91 Å². The number of benzene rings is 2. The van der Waals surface area contributed by atoms with Crippen molar-refractivity contribution in [1.82, 2.24) is 5.32 Å². The molecule has 24 heavy (non-hydrogen) atoms. The Hall–Kier alpha value is -1.85. The van der Waals surface area contributed by atoms with Crippen LogP contribution in [0, 0.1) is 5.82 Å². The molecule has 0 aromatic heterocycles. The summed E-state index contributed by atoms with van der Waals surface area (Å²) in [6, 6.07) is 12.9. The number of carbonyl (C=O) groups is 1. The van der Waals surface area contributed by atoms with Crippen molar-refractivity contribution in [2.24, 2.45) is 0 Å². The van der Waals surface area contributed by atoms with E-state index in [0.717, 1.165) is 28.1 Å². The largest absolute Gasteiger partial charge is 0.326 e. The number of anilines is 1. The molecule has 2 N–H and O–H groups in total. The van der Waals surface area contributed by atoms with Crippen molar-refractivity contribution >= 4 is 23.4 Å². The first-order chi connectivity index (χ1) is 11.5. The first-order valence-electron chi connectivity index (χ1n) is 7.86. The first kappa shape index (κ1) is 18.5. The highest BCUT2D eigenvalue weighted by molar-refractivity contribution is 7.97. The lowest BCUT2D eigenvalue weighted by molar-refractivity contribution is -0.114. The summed E-state index contributed by atoms with van der Waals surface area (Å²) in [5, 5.41) is 6.26.